The average Bonchev–Trinajstić information content (AvgIpc) is 2.78. The number of hydrogen-bond acceptors (Lipinski definition) is 3. The van der Waals surface area contributed by atoms with Crippen molar-refractivity contribution in [3.63, 3.8) is 0 Å². The van der Waals surface area contributed by atoms with Gasteiger partial charge in [0.05, 0.1) is 13.2 Å². The lowest BCUT2D eigenvalue weighted by Gasteiger charge is -2.21. The molecule has 1 heterocycles. The molecular weight excluding hydrogens is 266 g/mol. The fourth-order valence-electron chi connectivity index (χ4n) is 2.49. The van der Waals surface area contributed by atoms with Gasteiger partial charge in [0.15, 0.2) is 0 Å². The summed E-state index contributed by atoms with van der Waals surface area (Å²) in [7, 11) is 3.43. The van der Waals surface area contributed by atoms with Gasteiger partial charge >= 0.3 is 5.69 Å². The van der Waals surface area contributed by atoms with Gasteiger partial charge in [0, 0.05) is 31.5 Å². The highest BCUT2D eigenvalue weighted by molar-refractivity contribution is 5.39. The quantitative estimate of drug-likeness (QED) is 0.883. The number of likely N-dealkylation sites (N-methyl/N-ethyl adjacent to an activating group) is 1. The molecule has 1 aromatic carbocycles. The number of rotatable bonds is 6. The van der Waals surface area contributed by atoms with E-state index in [0.29, 0.717) is 6.54 Å². The summed E-state index contributed by atoms with van der Waals surface area (Å²) >= 11 is 0. The van der Waals surface area contributed by atoms with E-state index in [1.54, 1.807) is 29.5 Å². The minimum Gasteiger partial charge on any atom is -0.496 e. The maximum atomic E-state index is 12.0. The third-order valence-corrected chi connectivity index (χ3v) is 3.61. The Balaban J connectivity index is 2.37. The van der Waals surface area contributed by atoms with E-state index >= 15 is 0 Å². The number of aromatic nitrogens is 2. The molecule has 0 radical (unpaired) electrons. The Bertz CT molecular complexity index is 658. The molecule has 1 aromatic heterocycles. The molecule has 21 heavy (non-hydrogen) atoms. The third-order valence-electron chi connectivity index (χ3n) is 3.61. The highest BCUT2D eigenvalue weighted by Crippen LogP contribution is 2.27. The zero-order valence-electron chi connectivity index (χ0n) is 13.1. The predicted octanol–water partition coefficient (Wildman–Crippen LogP) is 1.85. The molecule has 1 N–H and O–H groups in total. The highest BCUT2D eigenvalue weighted by atomic mass is 16.5. The van der Waals surface area contributed by atoms with Crippen molar-refractivity contribution in [2.24, 2.45) is 7.05 Å². The maximum Gasteiger partial charge on any atom is 0.327 e. The minimum absolute atomic E-state index is 0.00970. The molecular formula is C16H23N3O2. The maximum absolute atomic E-state index is 12.0. The van der Waals surface area contributed by atoms with Crippen LogP contribution in [0.5, 0.6) is 5.75 Å². The number of hydrogen-bond donors (Lipinski definition) is 1. The summed E-state index contributed by atoms with van der Waals surface area (Å²) in [5.74, 6) is 0.843. The summed E-state index contributed by atoms with van der Waals surface area (Å²) in [5.41, 5.74) is 2.24. The fraction of sp³-hybridized carbons (Fsp3) is 0.438. The van der Waals surface area contributed by atoms with Crippen molar-refractivity contribution >= 4 is 0 Å². The van der Waals surface area contributed by atoms with E-state index in [0.717, 1.165) is 17.9 Å². The standard InChI is InChI=1S/C16H23N3O2/c1-5-17-14(11-19-9-8-18(3)16(19)20)13-10-12(2)6-7-15(13)21-4/h6-10,14,17H,5,11H2,1-4H3. The predicted molar refractivity (Wildman–Crippen MR) is 83.8 cm³/mol. The van der Waals surface area contributed by atoms with E-state index in [9.17, 15) is 4.79 Å². The molecule has 0 saturated carbocycles. The van der Waals surface area contributed by atoms with Crippen molar-refractivity contribution in [2.75, 3.05) is 13.7 Å². The Morgan fingerprint density at radius 2 is 2.10 bits per heavy atom. The zero-order valence-corrected chi connectivity index (χ0v) is 13.1. The number of methoxy groups -OCH3 is 1. The molecule has 5 nitrogen and oxygen atoms in total. The van der Waals surface area contributed by atoms with Gasteiger partial charge in [-0.15, -0.1) is 0 Å². The van der Waals surface area contributed by atoms with Crippen LogP contribution in [0.2, 0.25) is 0 Å². The number of nitrogens with one attached hydrogen (secondary N) is 1. The fourth-order valence-corrected chi connectivity index (χ4v) is 2.49. The van der Waals surface area contributed by atoms with E-state index in [-0.39, 0.29) is 11.7 Å². The first kappa shape index (κ1) is 15.4. The molecule has 2 rings (SSSR count). The van der Waals surface area contributed by atoms with Crippen LogP contribution in [0.25, 0.3) is 0 Å². The van der Waals surface area contributed by atoms with Gasteiger partial charge in [-0.1, -0.05) is 24.6 Å². The molecule has 1 atom stereocenters. The molecule has 2 aromatic rings. The van der Waals surface area contributed by atoms with Crippen molar-refractivity contribution in [2.45, 2.75) is 26.4 Å². The first-order valence-corrected chi connectivity index (χ1v) is 7.16. The lowest BCUT2D eigenvalue weighted by atomic mass is 10.0. The second-order valence-electron chi connectivity index (χ2n) is 5.20. The second-order valence-corrected chi connectivity index (χ2v) is 5.20. The normalized spacial score (nSPS) is 12.4. The van der Waals surface area contributed by atoms with Crippen molar-refractivity contribution < 1.29 is 4.74 Å². The summed E-state index contributed by atoms with van der Waals surface area (Å²) in [6.45, 7) is 5.51. The number of imidazole rings is 1. The smallest absolute Gasteiger partial charge is 0.327 e. The van der Waals surface area contributed by atoms with Crippen LogP contribution in [-0.2, 0) is 13.6 Å². The van der Waals surface area contributed by atoms with E-state index in [4.69, 9.17) is 4.74 Å². The van der Waals surface area contributed by atoms with E-state index < -0.39 is 0 Å². The van der Waals surface area contributed by atoms with Gasteiger partial charge in [0.2, 0.25) is 0 Å². The summed E-state index contributed by atoms with van der Waals surface area (Å²) in [6.07, 6.45) is 3.59. The van der Waals surface area contributed by atoms with Crippen molar-refractivity contribution in [3.05, 3.63) is 52.2 Å². The molecule has 0 spiro atoms. The van der Waals surface area contributed by atoms with Crippen molar-refractivity contribution in [1.29, 1.82) is 0 Å². The van der Waals surface area contributed by atoms with Crippen LogP contribution >= 0.6 is 0 Å². The van der Waals surface area contributed by atoms with Crippen LogP contribution in [0.4, 0.5) is 0 Å². The number of ether oxygens (including phenoxy) is 1. The Morgan fingerprint density at radius 3 is 2.67 bits per heavy atom. The summed E-state index contributed by atoms with van der Waals surface area (Å²) < 4.78 is 8.77. The molecule has 0 aliphatic heterocycles. The Hall–Kier alpha value is -2.01. The Labute approximate surface area is 125 Å². The topological polar surface area (TPSA) is 48.2 Å². The third kappa shape index (κ3) is 3.36. The second kappa shape index (κ2) is 6.63. The average molecular weight is 289 g/mol. The van der Waals surface area contributed by atoms with Crippen molar-refractivity contribution in [3.8, 4) is 5.75 Å². The number of benzene rings is 1. The van der Waals surface area contributed by atoms with Gasteiger partial charge in [0.1, 0.15) is 5.75 Å². The van der Waals surface area contributed by atoms with Gasteiger partial charge < -0.3 is 14.6 Å². The molecule has 0 fully saturated rings. The van der Waals surface area contributed by atoms with Gasteiger partial charge in [-0.2, -0.15) is 0 Å². The first-order chi connectivity index (χ1) is 10.1. The molecule has 0 saturated heterocycles. The van der Waals surface area contributed by atoms with Gasteiger partial charge in [0.25, 0.3) is 0 Å². The summed E-state index contributed by atoms with van der Waals surface area (Å²) in [5, 5.41) is 3.44. The van der Waals surface area contributed by atoms with Crippen LogP contribution in [-0.4, -0.2) is 22.8 Å². The van der Waals surface area contributed by atoms with E-state index in [1.807, 2.05) is 18.3 Å². The summed E-state index contributed by atoms with van der Waals surface area (Å²) in [6, 6.07) is 6.15. The van der Waals surface area contributed by atoms with Gasteiger partial charge in [-0.25, -0.2) is 4.79 Å². The molecule has 0 aliphatic rings. The largest absolute Gasteiger partial charge is 0.496 e. The Morgan fingerprint density at radius 1 is 1.33 bits per heavy atom. The molecule has 1 unspecified atom stereocenters. The molecule has 0 aliphatic carbocycles. The first-order valence-electron chi connectivity index (χ1n) is 7.16. The van der Waals surface area contributed by atoms with Crippen LogP contribution in [0.1, 0.15) is 24.1 Å². The van der Waals surface area contributed by atoms with Crippen LogP contribution in [0.3, 0.4) is 0 Å². The van der Waals surface area contributed by atoms with Crippen LogP contribution in [0.15, 0.2) is 35.4 Å². The SMILES string of the molecule is CCNC(Cn1ccn(C)c1=O)c1cc(C)ccc1OC. The molecule has 0 bridgehead atoms. The molecule has 5 heteroatoms. The van der Waals surface area contributed by atoms with Gasteiger partial charge in [-0.3, -0.25) is 4.57 Å². The van der Waals surface area contributed by atoms with Crippen LogP contribution in [0, 0.1) is 6.92 Å². The van der Waals surface area contributed by atoms with Gasteiger partial charge in [-0.05, 0) is 19.5 Å². The van der Waals surface area contributed by atoms with Crippen molar-refractivity contribution in [1.82, 2.24) is 14.5 Å². The van der Waals surface area contributed by atoms with E-state index in [1.165, 1.54) is 5.56 Å². The highest BCUT2D eigenvalue weighted by Gasteiger charge is 2.17. The molecule has 114 valence electrons. The monoisotopic (exact) mass is 289 g/mol. The zero-order chi connectivity index (χ0) is 15.4. The lowest BCUT2D eigenvalue weighted by molar-refractivity contribution is 0.389. The van der Waals surface area contributed by atoms with Crippen LogP contribution < -0.4 is 15.7 Å². The molecule has 0 amide bonds. The number of nitrogens with zero attached hydrogens (tertiary/aromatic N) is 2. The lowest BCUT2D eigenvalue weighted by Crippen LogP contribution is -2.31. The minimum atomic E-state index is -0.00970. The van der Waals surface area contributed by atoms with E-state index in [2.05, 4.69) is 25.2 Å². The Kier molecular flexibility index (Phi) is 4.85. The number of aryl methyl sites for hydroxylation is 2. The summed E-state index contributed by atoms with van der Waals surface area (Å²) in [4.78, 5) is 12.0.